The molecule has 3 unspecified atom stereocenters. The first-order valence-electron chi connectivity index (χ1n) is 10.5. The van der Waals surface area contributed by atoms with Gasteiger partial charge in [0.1, 0.15) is 12.4 Å². The van der Waals surface area contributed by atoms with E-state index >= 15 is 0 Å². The van der Waals surface area contributed by atoms with Gasteiger partial charge in [0.2, 0.25) is 0 Å². The average molecular weight is 382 g/mol. The Bertz CT molecular complexity index is 747. The van der Waals surface area contributed by atoms with Gasteiger partial charge in [0.15, 0.2) is 0 Å². The Morgan fingerprint density at radius 1 is 0.964 bits per heavy atom. The van der Waals surface area contributed by atoms with Crippen molar-refractivity contribution in [3.8, 4) is 5.75 Å². The molecule has 2 saturated heterocycles. The highest BCUT2D eigenvalue weighted by atomic mass is 16.5. The fourth-order valence-corrected chi connectivity index (χ4v) is 5.30. The summed E-state index contributed by atoms with van der Waals surface area (Å²) < 4.78 is 5.93. The molecule has 4 rings (SSSR count). The van der Waals surface area contributed by atoms with Crippen LogP contribution in [-0.4, -0.2) is 46.5 Å². The lowest BCUT2D eigenvalue weighted by Gasteiger charge is -2.59. The highest BCUT2D eigenvalue weighted by Crippen LogP contribution is 2.48. The third-order valence-corrected chi connectivity index (χ3v) is 6.64. The molecule has 0 aromatic heterocycles. The zero-order valence-corrected chi connectivity index (χ0v) is 16.6. The van der Waals surface area contributed by atoms with E-state index in [1.54, 1.807) is 0 Å². The highest BCUT2D eigenvalue weighted by molar-refractivity contribution is 5.38. The number of aliphatic hydroxyl groups excluding tert-OH is 2. The topological polar surface area (TPSA) is 52.9 Å². The molecule has 2 aliphatic heterocycles. The van der Waals surface area contributed by atoms with Gasteiger partial charge in [-0.25, -0.2) is 0 Å². The summed E-state index contributed by atoms with van der Waals surface area (Å²) in [5.41, 5.74) is 1.56. The molecule has 0 radical (unpaired) electrons. The number of benzene rings is 2. The van der Waals surface area contributed by atoms with Crippen molar-refractivity contribution in [1.82, 2.24) is 4.90 Å². The van der Waals surface area contributed by atoms with E-state index in [0.29, 0.717) is 19.4 Å². The normalized spacial score (nSPS) is 32.1. The van der Waals surface area contributed by atoms with E-state index in [1.165, 1.54) is 0 Å². The van der Waals surface area contributed by atoms with Crippen LogP contribution in [0.4, 0.5) is 0 Å². The van der Waals surface area contributed by atoms with Crippen LogP contribution in [0.25, 0.3) is 0 Å². The summed E-state index contributed by atoms with van der Waals surface area (Å²) in [5.74, 6) is 0.809. The fourth-order valence-electron chi connectivity index (χ4n) is 5.30. The molecule has 2 aliphatic rings. The number of nitrogens with zero attached hydrogens (tertiary/aromatic N) is 1. The predicted molar refractivity (Wildman–Crippen MR) is 110 cm³/mol. The smallest absolute Gasteiger partial charge is 0.119 e. The number of rotatable bonds is 6. The molecule has 0 aliphatic carbocycles. The van der Waals surface area contributed by atoms with Gasteiger partial charge in [0.05, 0.1) is 17.6 Å². The molecular weight excluding hydrogens is 350 g/mol. The van der Waals surface area contributed by atoms with Crippen molar-refractivity contribution in [3.05, 3.63) is 65.7 Å². The summed E-state index contributed by atoms with van der Waals surface area (Å²) in [6.45, 7) is 4.54. The predicted octanol–water partition coefficient (Wildman–Crippen LogP) is 3.50. The quantitative estimate of drug-likeness (QED) is 0.804. The largest absolute Gasteiger partial charge is 0.489 e. The Hall–Kier alpha value is -1.88. The summed E-state index contributed by atoms with van der Waals surface area (Å²) in [4.78, 5) is 2.47. The Morgan fingerprint density at radius 2 is 1.61 bits per heavy atom. The molecule has 2 aromatic rings. The Kier molecular flexibility index (Phi) is 5.72. The zero-order valence-electron chi connectivity index (χ0n) is 16.6. The van der Waals surface area contributed by atoms with Gasteiger partial charge in [0, 0.05) is 19.1 Å². The lowest BCUT2D eigenvalue weighted by molar-refractivity contribution is -0.134. The number of piperidine rings is 2. The van der Waals surface area contributed by atoms with Gasteiger partial charge in [-0.05, 0) is 42.5 Å². The van der Waals surface area contributed by atoms with Gasteiger partial charge in [-0.1, -0.05) is 55.8 Å². The van der Waals surface area contributed by atoms with Crippen LogP contribution in [0.2, 0.25) is 0 Å². The Balaban J connectivity index is 1.59. The maximum Gasteiger partial charge on any atom is 0.119 e. The van der Waals surface area contributed by atoms with E-state index in [-0.39, 0.29) is 6.04 Å². The summed E-state index contributed by atoms with van der Waals surface area (Å²) in [5, 5.41) is 22.2. The number of ether oxygens (including phenoxy) is 1. The van der Waals surface area contributed by atoms with Gasteiger partial charge >= 0.3 is 0 Å². The van der Waals surface area contributed by atoms with E-state index < -0.39 is 17.6 Å². The number of hydrogen-bond acceptors (Lipinski definition) is 4. The molecule has 2 bridgehead atoms. The highest BCUT2D eigenvalue weighted by Gasteiger charge is 2.57. The molecule has 0 spiro atoms. The first kappa shape index (κ1) is 19.4. The molecule has 2 N–H and O–H groups in total. The molecule has 150 valence electrons. The average Bonchev–Trinajstić information content (AvgIpc) is 2.73. The molecular formula is C24H31NO3. The minimum atomic E-state index is -0.607. The van der Waals surface area contributed by atoms with Crippen molar-refractivity contribution in [2.45, 2.75) is 62.9 Å². The molecule has 2 aromatic carbocycles. The van der Waals surface area contributed by atoms with Crippen molar-refractivity contribution in [1.29, 1.82) is 0 Å². The van der Waals surface area contributed by atoms with E-state index in [9.17, 15) is 10.2 Å². The van der Waals surface area contributed by atoms with Crippen LogP contribution in [0.5, 0.6) is 5.75 Å². The summed E-state index contributed by atoms with van der Waals surface area (Å²) >= 11 is 0. The Labute approximate surface area is 167 Å². The maximum atomic E-state index is 11.1. The second-order valence-electron chi connectivity index (χ2n) is 8.18. The lowest BCUT2D eigenvalue weighted by Crippen LogP contribution is -2.70. The standard InChI is InChI=1S/C24H31NO3/c1-2-6-21-24(22(26)13-15-25(21)16-14-23(24)27)19-9-11-20(12-10-19)28-17-18-7-4-3-5-8-18/h3-5,7-12,21-23,26-27H,2,6,13-17H2,1H3. The SMILES string of the molecule is CCCC1N2CCC(O)C1(c1ccc(OCc3ccccc3)cc1)C(O)CC2. The molecule has 2 fully saturated rings. The minimum absolute atomic E-state index is 0.182. The van der Waals surface area contributed by atoms with Crippen LogP contribution < -0.4 is 4.74 Å². The first-order chi connectivity index (χ1) is 13.7. The second kappa shape index (κ2) is 8.24. The molecule has 3 atom stereocenters. The van der Waals surface area contributed by atoms with Gasteiger partial charge in [-0.3, -0.25) is 4.90 Å². The molecule has 0 amide bonds. The number of fused-ring (bicyclic) bond motifs is 2. The van der Waals surface area contributed by atoms with Crippen LogP contribution in [-0.2, 0) is 12.0 Å². The van der Waals surface area contributed by atoms with Crippen LogP contribution >= 0.6 is 0 Å². The lowest BCUT2D eigenvalue weighted by atomic mass is 9.59. The first-order valence-corrected chi connectivity index (χ1v) is 10.5. The monoisotopic (exact) mass is 381 g/mol. The molecule has 28 heavy (non-hydrogen) atoms. The maximum absolute atomic E-state index is 11.1. The zero-order chi connectivity index (χ0) is 19.6. The van der Waals surface area contributed by atoms with Crippen LogP contribution in [0.15, 0.2) is 54.6 Å². The van der Waals surface area contributed by atoms with Crippen LogP contribution in [0, 0.1) is 0 Å². The van der Waals surface area contributed by atoms with Gasteiger partial charge in [-0.2, -0.15) is 0 Å². The van der Waals surface area contributed by atoms with Crippen molar-refractivity contribution < 1.29 is 14.9 Å². The van der Waals surface area contributed by atoms with Crippen molar-refractivity contribution >= 4 is 0 Å². The van der Waals surface area contributed by atoms with E-state index in [4.69, 9.17) is 4.74 Å². The number of aliphatic hydroxyl groups is 2. The van der Waals surface area contributed by atoms with E-state index in [2.05, 4.69) is 11.8 Å². The van der Waals surface area contributed by atoms with Crippen LogP contribution in [0.1, 0.15) is 43.7 Å². The second-order valence-corrected chi connectivity index (χ2v) is 8.18. The van der Waals surface area contributed by atoms with Crippen molar-refractivity contribution in [2.75, 3.05) is 13.1 Å². The third-order valence-electron chi connectivity index (χ3n) is 6.64. The van der Waals surface area contributed by atoms with Crippen molar-refractivity contribution in [3.63, 3.8) is 0 Å². The van der Waals surface area contributed by atoms with Crippen molar-refractivity contribution in [2.24, 2.45) is 0 Å². The molecule has 0 saturated carbocycles. The summed E-state index contributed by atoms with van der Waals surface area (Å²) in [6.07, 6.45) is 2.41. The fraction of sp³-hybridized carbons (Fsp3) is 0.500. The molecule has 4 heteroatoms. The summed E-state index contributed by atoms with van der Waals surface area (Å²) in [6, 6.07) is 18.3. The third kappa shape index (κ3) is 3.34. The van der Waals surface area contributed by atoms with Crippen LogP contribution in [0.3, 0.4) is 0 Å². The minimum Gasteiger partial charge on any atom is -0.489 e. The van der Waals surface area contributed by atoms with Gasteiger partial charge in [-0.15, -0.1) is 0 Å². The van der Waals surface area contributed by atoms with E-state index in [0.717, 1.165) is 42.8 Å². The number of hydrogen-bond donors (Lipinski definition) is 2. The Morgan fingerprint density at radius 3 is 2.21 bits per heavy atom. The molecule has 4 nitrogen and oxygen atoms in total. The van der Waals surface area contributed by atoms with E-state index in [1.807, 2.05) is 54.6 Å². The van der Waals surface area contributed by atoms with Gasteiger partial charge in [0.25, 0.3) is 0 Å². The summed E-state index contributed by atoms with van der Waals surface area (Å²) in [7, 11) is 0. The molecule has 2 heterocycles. The van der Waals surface area contributed by atoms with Gasteiger partial charge < -0.3 is 14.9 Å².